The molecule has 2 rings (SSSR count). The number of benzene rings is 1. The van der Waals surface area contributed by atoms with E-state index in [2.05, 4.69) is 25.2 Å². The molecule has 0 radical (unpaired) electrons. The monoisotopic (exact) mass is 195 g/mol. The van der Waals surface area contributed by atoms with Gasteiger partial charge < -0.3 is 5.32 Å². The third-order valence-electron chi connectivity index (χ3n) is 2.84. The number of anilines is 1. The summed E-state index contributed by atoms with van der Waals surface area (Å²) in [5, 5.41) is 4.28. The van der Waals surface area contributed by atoms with Crippen LogP contribution in [0.3, 0.4) is 0 Å². The highest BCUT2D eigenvalue weighted by Gasteiger charge is 2.18. The van der Waals surface area contributed by atoms with Crippen molar-refractivity contribution >= 4 is 17.3 Å². The molecule has 0 spiro atoms. The van der Waals surface area contributed by atoms with E-state index in [9.17, 15) is 0 Å². The van der Waals surface area contributed by atoms with Gasteiger partial charge in [-0.1, -0.05) is 24.6 Å². The largest absolute Gasteiger partial charge is 0.385 e. The lowest BCUT2D eigenvalue weighted by Crippen LogP contribution is -2.15. The van der Waals surface area contributed by atoms with Crippen molar-refractivity contribution in [3.8, 4) is 0 Å². The fraction of sp³-hybridized carbons (Fsp3) is 0.455. The standard InChI is InChI=1S/C11H14ClN/c1-7-5-6-13-11-8(2)10(12)4-3-9(7)11/h3-4,7,13H,5-6H2,1-2H3/t7-/m1/s1. The zero-order valence-corrected chi connectivity index (χ0v) is 8.78. The average Bonchev–Trinajstić information content (AvgIpc) is 2.12. The predicted molar refractivity (Wildman–Crippen MR) is 57.7 cm³/mol. The Labute approximate surface area is 84.1 Å². The molecule has 0 bridgehead atoms. The van der Waals surface area contributed by atoms with Gasteiger partial charge in [-0.15, -0.1) is 0 Å². The molecule has 0 aromatic heterocycles. The summed E-state index contributed by atoms with van der Waals surface area (Å²) in [5.41, 5.74) is 3.85. The number of fused-ring (bicyclic) bond motifs is 1. The van der Waals surface area contributed by atoms with Crippen molar-refractivity contribution in [2.24, 2.45) is 0 Å². The molecule has 0 saturated carbocycles. The van der Waals surface area contributed by atoms with Gasteiger partial charge in [0.05, 0.1) is 0 Å². The molecule has 0 unspecified atom stereocenters. The lowest BCUT2D eigenvalue weighted by atomic mass is 9.91. The predicted octanol–water partition coefficient (Wildman–Crippen LogP) is 3.57. The number of rotatable bonds is 0. The van der Waals surface area contributed by atoms with Crippen molar-refractivity contribution in [2.45, 2.75) is 26.2 Å². The van der Waals surface area contributed by atoms with Crippen molar-refractivity contribution < 1.29 is 0 Å². The van der Waals surface area contributed by atoms with Crippen LogP contribution in [0.25, 0.3) is 0 Å². The summed E-state index contributed by atoms with van der Waals surface area (Å²) in [5.74, 6) is 0.659. The summed E-state index contributed by atoms with van der Waals surface area (Å²) >= 11 is 6.05. The van der Waals surface area contributed by atoms with Gasteiger partial charge in [0.15, 0.2) is 0 Å². The summed E-state index contributed by atoms with van der Waals surface area (Å²) in [6, 6.07) is 4.14. The fourth-order valence-corrected chi connectivity index (χ4v) is 2.08. The maximum Gasteiger partial charge on any atom is 0.0455 e. The normalized spacial score (nSPS) is 20.7. The Morgan fingerprint density at radius 3 is 3.00 bits per heavy atom. The van der Waals surface area contributed by atoms with Crippen LogP contribution < -0.4 is 5.32 Å². The second-order valence-corrected chi connectivity index (χ2v) is 4.16. The SMILES string of the molecule is Cc1c(Cl)ccc2c1NCC[C@H]2C. The lowest BCUT2D eigenvalue weighted by molar-refractivity contribution is 0.682. The van der Waals surface area contributed by atoms with Gasteiger partial charge in [-0.05, 0) is 36.5 Å². The summed E-state index contributed by atoms with van der Waals surface area (Å²) in [6.07, 6.45) is 1.22. The van der Waals surface area contributed by atoms with Gasteiger partial charge in [0.1, 0.15) is 0 Å². The molecule has 1 aromatic rings. The van der Waals surface area contributed by atoms with Crippen LogP contribution in [0.4, 0.5) is 5.69 Å². The molecular formula is C11H14ClN. The van der Waals surface area contributed by atoms with Crippen LogP contribution in [0, 0.1) is 6.92 Å². The van der Waals surface area contributed by atoms with Crippen molar-refractivity contribution in [3.05, 3.63) is 28.3 Å². The average molecular weight is 196 g/mol. The first-order valence-corrected chi connectivity index (χ1v) is 5.11. The smallest absolute Gasteiger partial charge is 0.0455 e. The van der Waals surface area contributed by atoms with Crippen LogP contribution in [0.2, 0.25) is 5.02 Å². The maximum atomic E-state index is 6.05. The summed E-state index contributed by atoms with van der Waals surface area (Å²) < 4.78 is 0. The summed E-state index contributed by atoms with van der Waals surface area (Å²) in [6.45, 7) is 5.41. The highest BCUT2D eigenvalue weighted by molar-refractivity contribution is 6.31. The van der Waals surface area contributed by atoms with Gasteiger partial charge in [-0.2, -0.15) is 0 Å². The summed E-state index contributed by atoms with van der Waals surface area (Å²) in [4.78, 5) is 0. The molecule has 1 atom stereocenters. The van der Waals surface area contributed by atoms with E-state index in [0.717, 1.165) is 11.6 Å². The second kappa shape index (κ2) is 3.22. The quantitative estimate of drug-likeness (QED) is 0.668. The highest BCUT2D eigenvalue weighted by atomic mass is 35.5. The van der Waals surface area contributed by atoms with Crippen LogP contribution in [-0.4, -0.2) is 6.54 Å². The minimum absolute atomic E-state index is 0.659. The first kappa shape index (κ1) is 8.89. The molecule has 0 saturated heterocycles. The van der Waals surface area contributed by atoms with Crippen LogP contribution in [-0.2, 0) is 0 Å². The van der Waals surface area contributed by atoms with Crippen molar-refractivity contribution in [1.82, 2.24) is 0 Å². The minimum Gasteiger partial charge on any atom is -0.385 e. The van der Waals surface area contributed by atoms with Gasteiger partial charge in [0.2, 0.25) is 0 Å². The van der Waals surface area contributed by atoms with Gasteiger partial charge >= 0.3 is 0 Å². The number of nitrogens with one attached hydrogen (secondary N) is 1. The molecule has 1 nitrogen and oxygen atoms in total. The first-order chi connectivity index (χ1) is 6.20. The van der Waals surface area contributed by atoms with E-state index in [1.807, 2.05) is 6.07 Å². The van der Waals surface area contributed by atoms with E-state index in [0.29, 0.717) is 5.92 Å². The molecule has 0 aliphatic carbocycles. The van der Waals surface area contributed by atoms with Crippen LogP contribution >= 0.6 is 11.6 Å². The lowest BCUT2D eigenvalue weighted by Gasteiger charge is -2.25. The molecule has 1 N–H and O–H groups in total. The molecule has 1 heterocycles. The van der Waals surface area contributed by atoms with Gasteiger partial charge in [-0.3, -0.25) is 0 Å². The molecule has 0 fully saturated rings. The topological polar surface area (TPSA) is 12.0 Å². The third-order valence-corrected chi connectivity index (χ3v) is 3.25. The molecular weight excluding hydrogens is 182 g/mol. The van der Waals surface area contributed by atoms with E-state index in [1.54, 1.807) is 0 Å². The molecule has 70 valence electrons. The van der Waals surface area contributed by atoms with Gasteiger partial charge in [-0.25, -0.2) is 0 Å². The van der Waals surface area contributed by atoms with E-state index >= 15 is 0 Å². The van der Waals surface area contributed by atoms with Gasteiger partial charge in [0, 0.05) is 17.3 Å². The van der Waals surface area contributed by atoms with Crippen LogP contribution in [0.5, 0.6) is 0 Å². The fourth-order valence-electron chi connectivity index (χ4n) is 1.92. The number of hydrogen-bond donors (Lipinski definition) is 1. The molecule has 1 aliphatic heterocycles. The van der Waals surface area contributed by atoms with Crippen molar-refractivity contribution in [3.63, 3.8) is 0 Å². The zero-order chi connectivity index (χ0) is 9.42. The zero-order valence-electron chi connectivity index (χ0n) is 8.02. The Morgan fingerprint density at radius 2 is 2.23 bits per heavy atom. The Kier molecular flexibility index (Phi) is 2.20. The molecule has 13 heavy (non-hydrogen) atoms. The Morgan fingerprint density at radius 1 is 1.46 bits per heavy atom. The minimum atomic E-state index is 0.659. The van der Waals surface area contributed by atoms with Gasteiger partial charge in [0.25, 0.3) is 0 Å². The number of hydrogen-bond acceptors (Lipinski definition) is 1. The van der Waals surface area contributed by atoms with E-state index in [1.165, 1.54) is 23.2 Å². The maximum absolute atomic E-state index is 6.05. The Hall–Kier alpha value is -0.690. The summed E-state index contributed by atoms with van der Waals surface area (Å²) in [7, 11) is 0. The third kappa shape index (κ3) is 1.42. The Bertz CT molecular complexity index is 333. The second-order valence-electron chi connectivity index (χ2n) is 3.75. The van der Waals surface area contributed by atoms with Crippen LogP contribution in [0.1, 0.15) is 30.4 Å². The van der Waals surface area contributed by atoms with E-state index in [4.69, 9.17) is 11.6 Å². The molecule has 1 aromatic carbocycles. The molecule has 2 heteroatoms. The highest BCUT2D eigenvalue weighted by Crippen LogP contribution is 2.36. The Balaban J connectivity index is 2.56. The van der Waals surface area contributed by atoms with Crippen molar-refractivity contribution in [2.75, 3.05) is 11.9 Å². The van der Waals surface area contributed by atoms with E-state index < -0.39 is 0 Å². The van der Waals surface area contributed by atoms with E-state index in [-0.39, 0.29) is 0 Å². The van der Waals surface area contributed by atoms with Crippen LogP contribution in [0.15, 0.2) is 12.1 Å². The molecule has 1 aliphatic rings. The first-order valence-electron chi connectivity index (χ1n) is 4.73. The molecule has 0 amide bonds. The van der Waals surface area contributed by atoms with Crippen molar-refractivity contribution in [1.29, 1.82) is 0 Å². The number of halogens is 1.